The highest BCUT2D eigenvalue weighted by molar-refractivity contribution is 7.91. The first-order valence-corrected chi connectivity index (χ1v) is 7.86. The maximum atomic E-state index is 11.8. The van der Waals surface area contributed by atoms with Crippen LogP contribution in [-0.2, 0) is 9.84 Å². The summed E-state index contributed by atoms with van der Waals surface area (Å²) in [6.45, 7) is 7.55. The minimum atomic E-state index is -2.91. The number of likely N-dealkylation sites (N-methyl/N-ethyl adjacent to an activating group) is 1. The topological polar surface area (TPSA) is 63.4 Å². The van der Waals surface area contributed by atoms with Crippen LogP contribution < -0.4 is 5.73 Å². The zero-order valence-electron chi connectivity index (χ0n) is 10.6. The first kappa shape index (κ1) is 13.9. The van der Waals surface area contributed by atoms with Crippen LogP contribution in [0, 0.1) is 0 Å². The molecule has 0 aromatic carbocycles. The van der Waals surface area contributed by atoms with Crippen molar-refractivity contribution in [3.63, 3.8) is 0 Å². The second-order valence-corrected chi connectivity index (χ2v) is 7.19. The van der Waals surface area contributed by atoms with Crippen molar-refractivity contribution in [2.75, 3.05) is 24.6 Å². The van der Waals surface area contributed by atoms with Crippen LogP contribution in [0.1, 0.15) is 33.6 Å². The molecule has 4 nitrogen and oxygen atoms in total. The van der Waals surface area contributed by atoms with Crippen LogP contribution in [0.25, 0.3) is 0 Å². The molecule has 0 bridgehead atoms. The Morgan fingerprint density at radius 2 is 2.06 bits per heavy atom. The Hall–Kier alpha value is -0.130. The van der Waals surface area contributed by atoms with E-state index in [4.69, 9.17) is 5.73 Å². The smallest absolute Gasteiger partial charge is 0.152 e. The minimum absolute atomic E-state index is 0.225. The molecule has 1 atom stereocenters. The number of nitrogens with two attached hydrogens (primary N) is 1. The lowest BCUT2D eigenvalue weighted by Crippen LogP contribution is -2.62. The summed E-state index contributed by atoms with van der Waals surface area (Å²) in [6, 6.07) is 0.335. The summed E-state index contributed by atoms with van der Waals surface area (Å²) in [5.41, 5.74) is 5.53. The fourth-order valence-electron chi connectivity index (χ4n) is 2.93. The molecule has 96 valence electrons. The predicted molar refractivity (Wildman–Crippen MR) is 67.2 cm³/mol. The number of rotatable bonds is 4. The maximum absolute atomic E-state index is 11.8. The molecule has 1 aliphatic rings. The molecule has 0 aromatic heterocycles. The number of hydrogen-bond acceptors (Lipinski definition) is 4. The fourth-order valence-corrected chi connectivity index (χ4v) is 4.90. The summed E-state index contributed by atoms with van der Waals surface area (Å²) in [5, 5.41) is 0. The van der Waals surface area contributed by atoms with Gasteiger partial charge in [0.1, 0.15) is 0 Å². The Bertz CT molecular complexity index is 327. The molecular weight excluding hydrogens is 224 g/mol. The van der Waals surface area contributed by atoms with Crippen molar-refractivity contribution in [2.24, 2.45) is 5.73 Å². The van der Waals surface area contributed by atoms with Crippen LogP contribution in [0.15, 0.2) is 0 Å². The molecule has 1 rings (SSSR count). The summed E-state index contributed by atoms with van der Waals surface area (Å²) < 4.78 is 23.6. The Labute approximate surface area is 99.1 Å². The molecule has 16 heavy (non-hydrogen) atoms. The van der Waals surface area contributed by atoms with Crippen molar-refractivity contribution in [1.82, 2.24) is 4.90 Å². The molecule has 1 heterocycles. The highest BCUT2D eigenvalue weighted by Gasteiger charge is 2.42. The van der Waals surface area contributed by atoms with E-state index in [1.165, 1.54) is 0 Å². The summed E-state index contributed by atoms with van der Waals surface area (Å²) in [5.74, 6) is 0.549. The predicted octanol–water partition coefficient (Wildman–Crippen LogP) is 0.623. The van der Waals surface area contributed by atoms with Crippen molar-refractivity contribution in [1.29, 1.82) is 0 Å². The summed E-state index contributed by atoms with van der Waals surface area (Å²) in [6.07, 6.45) is 1.64. The molecule has 0 saturated carbocycles. The first-order valence-electron chi connectivity index (χ1n) is 6.04. The number of sulfone groups is 1. The molecule has 1 aliphatic heterocycles. The van der Waals surface area contributed by atoms with E-state index in [1.807, 2.05) is 0 Å². The lowest BCUT2D eigenvalue weighted by Gasteiger charge is -2.47. The molecule has 0 aromatic rings. The van der Waals surface area contributed by atoms with Gasteiger partial charge in [-0.2, -0.15) is 0 Å². The quantitative estimate of drug-likeness (QED) is 0.792. The van der Waals surface area contributed by atoms with Crippen LogP contribution in [0.4, 0.5) is 0 Å². The molecule has 1 unspecified atom stereocenters. The van der Waals surface area contributed by atoms with Gasteiger partial charge in [0, 0.05) is 18.1 Å². The summed E-state index contributed by atoms with van der Waals surface area (Å²) in [7, 11) is -2.91. The van der Waals surface area contributed by atoms with Gasteiger partial charge in [-0.05, 0) is 33.2 Å². The van der Waals surface area contributed by atoms with Gasteiger partial charge in [-0.3, -0.25) is 4.90 Å². The van der Waals surface area contributed by atoms with E-state index in [-0.39, 0.29) is 11.3 Å². The van der Waals surface area contributed by atoms with Gasteiger partial charge in [0.05, 0.1) is 11.5 Å². The fraction of sp³-hybridized carbons (Fsp3) is 1.00. The van der Waals surface area contributed by atoms with Gasteiger partial charge in [0.15, 0.2) is 9.84 Å². The van der Waals surface area contributed by atoms with Crippen LogP contribution in [0.5, 0.6) is 0 Å². The molecule has 0 spiro atoms. The Balaban J connectivity index is 3.00. The molecular formula is C11H24N2O2S. The van der Waals surface area contributed by atoms with E-state index in [0.717, 1.165) is 19.4 Å². The van der Waals surface area contributed by atoms with Crippen molar-refractivity contribution in [2.45, 2.75) is 45.2 Å². The van der Waals surface area contributed by atoms with Crippen LogP contribution in [0.2, 0.25) is 0 Å². The van der Waals surface area contributed by atoms with Gasteiger partial charge in [0.2, 0.25) is 0 Å². The van der Waals surface area contributed by atoms with Crippen molar-refractivity contribution >= 4 is 9.84 Å². The van der Waals surface area contributed by atoms with Gasteiger partial charge in [0.25, 0.3) is 0 Å². The molecule has 0 aliphatic carbocycles. The van der Waals surface area contributed by atoms with E-state index in [0.29, 0.717) is 18.3 Å². The van der Waals surface area contributed by atoms with E-state index in [9.17, 15) is 8.42 Å². The molecule has 5 heteroatoms. The van der Waals surface area contributed by atoms with Crippen molar-refractivity contribution in [3.05, 3.63) is 0 Å². The van der Waals surface area contributed by atoms with Gasteiger partial charge in [-0.15, -0.1) is 0 Å². The van der Waals surface area contributed by atoms with Gasteiger partial charge < -0.3 is 5.73 Å². The molecule has 1 fully saturated rings. The van der Waals surface area contributed by atoms with E-state index < -0.39 is 9.84 Å². The third kappa shape index (κ3) is 2.76. The van der Waals surface area contributed by atoms with Gasteiger partial charge in [-0.25, -0.2) is 8.42 Å². The summed E-state index contributed by atoms with van der Waals surface area (Å²) in [4.78, 5) is 2.24. The average Bonchev–Trinajstić information content (AvgIpc) is 2.16. The van der Waals surface area contributed by atoms with Crippen molar-refractivity contribution < 1.29 is 8.42 Å². The lowest BCUT2D eigenvalue weighted by molar-refractivity contribution is 0.0736. The Morgan fingerprint density at radius 1 is 1.44 bits per heavy atom. The highest BCUT2D eigenvalue weighted by Crippen LogP contribution is 2.29. The zero-order valence-corrected chi connectivity index (χ0v) is 11.4. The van der Waals surface area contributed by atoms with Crippen LogP contribution in [-0.4, -0.2) is 49.5 Å². The third-order valence-corrected chi connectivity index (χ3v) is 5.43. The van der Waals surface area contributed by atoms with E-state index >= 15 is 0 Å². The summed E-state index contributed by atoms with van der Waals surface area (Å²) >= 11 is 0. The Kier molecular flexibility index (Phi) is 4.37. The SMILES string of the molecule is CCN(C(C)C)C1(CN)CCCS(=O)(=O)C1. The van der Waals surface area contributed by atoms with Crippen LogP contribution >= 0.6 is 0 Å². The molecule has 1 saturated heterocycles. The third-order valence-electron chi connectivity index (χ3n) is 3.54. The molecule has 0 radical (unpaired) electrons. The van der Waals surface area contributed by atoms with Crippen LogP contribution in [0.3, 0.4) is 0 Å². The van der Waals surface area contributed by atoms with Crippen molar-refractivity contribution in [3.8, 4) is 0 Å². The monoisotopic (exact) mass is 248 g/mol. The number of hydrogen-bond donors (Lipinski definition) is 1. The lowest BCUT2D eigenvalue weighted by atomic mass is 9.91. The van der Waals surface area contributed by atoms with Gasteiger partial charge in [-0.1, -0.05) is 6.92 Å². The Morgan fingerprint density at radius 3 is 2.44 bits per heavy atom. The molecule has 2 N–H and O–H groups in total. The average molecular weight is 248 g/mol. The first-order chi connectivity index (χ1) is 7.37. The van der Waals surface area contributed by atoms with Gasteiger partial charge >= 0.3 is 0 Å². The standard InChI is InChI=1S/C11H24N2O2S/c1-4-13(10(2)3)11(8-12)6-5-7-16(14,15)9-11/h10H,4-9,12H2,1-3H3. The zero-order chi connectivity index (χ0) is 12.4. The minimum Gasteiger partial charge on any atom is -0.329 e. The van der Waals surface area contributed by atoms with E-state index in [2.05, 4.69) is 25.7 Å². The largest absolute Gasteiger partial charge is 0.329 e. The highest BCUT2D eigenvalue weighted by atomic mass is 32.2. The second-order valence-electron chi connectivity index (χ2n) is 5.00. The second kappa shape index (κ2) is 5.02. The normalized spacial score (nSPS) is 29.9. The maximum Gasteiger partial charge on any atom is 0.152 e. The van der Waals surface area contributed by atoms with E-state index in [1.54, 1.807) is 0 Å². The molecule has 0 amide bonds. The number of nitrogens with zero attached hydrogens (tertiary/aromatic N) is 1.